The van der Waals surface area contributed by atoms with E-state index in [2.05, 4.69) is 21.4 Å². The van der Waals surface area contributed by atoms with E-state index in [0.717, 1.165) is 32.1 Å². The number of β-amino-alcohol motifs (C(OH)–C–C–N with tert-alkyl or cyclic N) is 1. The van der Waals surface area contributed by atoms with E-state index in [1.165, 1.54) is 4.90 Å². The number of nitrogens with two attached hydrogens (primary N) is 1. The van der Waals surface area contributed by atoms with Crippen LogP contribution >= 0.6 is 9.39 Å². The Morgan fingerprint density at radius 1 is 1.43 bits per heavy atom. The number of nitrogens with one attached hydrogen (secondary N) is 1. The van der Waals surface area contributed by atoms with E-state index in [1.807, 2.05) is 0 Å². The monoisotopic (exact) mass is 317 g/mol. The van der Waals surface area contributed by atoms with Crippen molar-refractivity contribution >= 4 is 21.2 Å². The lowest BCUT2D eigenvalue weighted by Gasteiger charge is -2.28. The average molecular weight is 317 g/mol. The molecule has 0 bridgehead atoms. The zero-order valence-electron chi connectivity index (χ0n) is 12.9. The van der Waals surface area contributed by atoms with Crippen LogP contribution in [0.1, 0.15) is 46.0 Å². The van der Waals surface area contributed by atoms with Crippen LogP contribution in [-0.4, -0.2) is 46.6 Å². The first kappa shape index (κ1) is 18.3. The molecule has 0 saturated carbocycles. The number of hydrogen-bond donors (Lipinski definition) is 3. The maximum absolute atomic E-state index is 12.6. The molecule has 122 valence electrons. The van der Waals surface area contributed by atoms with Gasteiger partial charge in [0, 0.05) is 12.5 Å². The summed E-state index contributed by atoms with van der Waals surface area (Å²) in [4.78, 5) is 25.6. The first-order valence-corrected chi connectivity index (χ1v) is 8.25. The fourth-order valence-electron chi connectivity index (χ4n) is 2.87. The zero-order chi connectivity index (χ0) is 16.0. The van der Waals surface area contributed by atoms with E-state index in [0.29, 0.717) is 0 Å². The van der Waals surface area contributed by atoms with Gasteiger partial charge in [0.1, 0.15) is 6.04 Å². The summed E-state index contributed by atoms with van der Waals surface area (Å²) in [7, 11) is 2.37. The smallest absolute Gasteiger partial charge is 0.240 e. The van der Waals surface area contributed by atoms with Crippen LogP contribution in [0.4, 0.5) is 0 Å². The third-order valence-corrected chi connectivity index (χ3v) is 4.65. The van der Waals surface area contributed by atoms with Crippen LogP contribution in [0.25, 0.3) is 0 Å². The second kappa shape index (κ2) is 8.66. The summed E-state index contributed by atoms with van der Waals surface area (Å²) in [5, 5.41) is 12.8. The number of aliphatic hydroxyl groups is 1. The molecule has 0 radical (unpaired) electrons. The van der Waals surface area contributed by atoms with Crippen LogP contribution in [-0.2, 0) is 9.59 Å². The third kappa shape index (κ3) is 4.63. The maximum Gasteiger partial charge on any atom is 0.240 e. The van der Waals surface area contributed by atoms with Gasteiger partial charge in [-0.2, -0.15) is 0 Å². The molecule has 0 aromatic heterocycles. The van der Waals surface area contributed by atoms with Gasteiger partial charge in [-0.1, -0.05) is 48.9 Å². The summed E-state index contributed by atoms with van der Waals surface area (Å²) in [6, 6.07) is -1.07. The maximum atomic E-state index is 12.6. The van der Waals surface area contributed by atoms with Gasteiger partial charge in [-0.25, -0.2) is 0 Å². The number of amides is 2. The first-order valence-electron chi connectivity index (χ1n) is 7.68. The highest BCUT2D eigenvalue weighted by atomic mass is 31.0. The molecule has 5 atom stereocenters. The summed E-state index contributed by atoms with van der Waals surface area (Å²) in [6.45, 7) is 4.06. The standard InChI is InChI=1S/C14H28N3O3P/c1-3-4-5-6-7-10(16-21)14(20)17-8-11(18)9(2)12(17)13(15)19/h9-12,16,18H,3-8,21H2,1-2H3,(H2,15,19). The van der Waals surface area contributed by atoms with Crippen molar-refractivity contribution in [1.82, 2.24) is 9.99 Å². The molecule has 1 aliphatic rings. The Morgan fingerprint density at radius 3 is 2.62 bits per heavy atom. The molecule has 1 heterocycles. The fourth-order valence-corrected chi connectivity index (χ4v) is 3.18. The third-order valence-electron chi connectivity index (χ3n) is 4.24. The molecule has 2 amide bonds. The minimum Gasteiger partial charge on any atom is -0.391 e. The van der Waals surface area contributed by atoms with Gasteiger partial charge in [0.25, 0.3) is 0 Å². The highest BCUT2D eigenvalue weighted by molar-refractivity contribution is 7.13. The van der Waals surface area contributed by atoms with Gasteiger partial charge in [-0.3, -0.25) is 14.7 Å². The number of rotatable bonds is 8. The number of carbonyl (C=O) groups excluding carboxylic acids is 2. The largest absolute Gasteiger partial charge is 0.391 e. The Hall–Kier alpha value is -0.710. The quantitative estimate of drug-likeness (QED) is 0.446. The molecule has 1 aliphatic heterocycles. The predicted octanol–water partition coefficient (Wildman–Crippen LogP) is 0.398. The molecule has 5 unspecified atom stereocenters. The highest BCUT2D eigenvalue weighted by Crippen LogP contribution is 2.26. The van der Waals surface area contributed by atoms with Crippen LogP contribution in [0.15, 0.2) is 0 Å². The zero-order valence-corrected chi connectivity index (χ0v) is 14.1. The van der Waals surface area contributed by atoms with Crippen LogP contribution in [0.5, 0.6) is 0 Å². The average Bonchev–Trinajstić information content (AvgIpc) is 2.74. The molecule has 7 heteroatoms. The molecule has 0 aromatic rings. The number of unbranched alkanes of at least 4 members (excludes halogenated alkanes) is 3. The second-order valence-corrected chi connectivity index (χ2v) is 6.17. The van der Waals surface area contributed by atoms with E-state index >= 15 is 0 Å². The van der Waals surface area contributed by atoms with Crippen LogP contribution in [0.3, 0.4) is 0 Å². The number of aliphatic hydroxyl groups excluding tert-OH is 1. The topological polar surface area (TPSA) is 95.7 Å². The van der Waals surface area contributed by atoms with Crippen molar-refractivity contribution in [3.8, 4) is 0 Å². The summed E-state index contributed by atoms with van der Waals surface area (Å²) in [5.41, 5.74) is 5.39. The summed E-state index contributed by atoms with van der Waals surface area (Å²) >= 11 is 0. The minimum atomic E-state index is -0.719. The summed E-state index contributed by atoms with van der Waals surface area (Å²) in [6.07, 6.45) is 4.36. The Labute approximate surface area is 129 Å². The van der Waals surface area contributed by atoms with Crippen molar-refractivity contribution in [2.24, 2.45) is 11.7 Å². The van der Waals surface area contributed by atoms with E-state index in [1.54, 1.807) is 6.92 Å². The highest BCUT2D eigenvalue weighted by Gasteiger charge is 2.45. The molecule has 6 nitrogen and oxygen atoms in total. The van der Waals surface area contributed by atoms with Gasteiger partial charge < -0.3 is 15.7 Å². The second-order valence-electron chi connectivity index (χ2n) is 5.83. The molecule has 0 aliphatic carbocycles. The van der Waals surface area contributed by atoms with Gasteiger partial charge >= 0.3 is 0 Å². The Bertz CT molecular complexity index is 367. The van der Waals surface area contributed by atoms with Gasteiger partial charge in [-0.15, -0.1) is 0 Å². The van der Waals surface area contributed by atoms with E-state index in [9.17, 15) is 14.7 Å². The molecule has 1 saturated heterocycles. The fraction of sp³-hybridized carbons (Fsp3) is 0.857. The molecule has 0 aromatic carbocycles. The van der Waals surface area contributed by atoms with Crippen molar-refractivity contribution in [2.75, 3.05) is 6.54 Å². The van der Waals surface area contributed by atoms with Gasteiger partial charge in [0.2, 0.25) is 11.8 Å². The van der Waals surface area contributed by atoms with E-state index in [4.69, 9.17) is 5.73 Å². The van der Waals surface area contributed by atoms with Crippen molar-refractivity contribution in [2.45, 2.75) is 64.1 Å². The number of primary amides is 1. The first-order chi connectivity index (χ1) is 9.93. The molecular formula is C14H28N3O3P. The van der Waals surface area contributed by atoms with Gasteiger partial charge in [0.05, 0.1) is 12.1 Å². The van der Waals surface area contributed by atoms with Crippen molar-refractivity contribution in [1.29, 1.82) is 0 Å². The SMILES string of the molecule is CCCCCCC(NP)C(=O)N1CC(O)C(C)C1C(N)=O. The van der Waals surface area contributed by atoms with E-state index in [-0.39, 0.29) is 24.4 Å². The number of carbonyl (C=O) groups is 2. The Morgan fingerprint density at radius 2 is 2.10 bits per heavy atom. The number of nitrogens with zero attached hydrogens (tertiary/aromatic N) is 1. The lowest BCUT2D eigenvalue weighted by Crippen LogP contribution is -2.51. The summed E-state index contributed by atoms with van der Waals surface area (Å²) in [5.74, 6) is -1.04. The molecule has 1 rings (SSSR count). The van der Waals surface area contributed by atoms with Crippen LogP contribution in [0.2, 0.25) is 0 Å². The predicted molar refractivity (Wildman–Crippen MR) is 85.3 cm³/mol. The minimum absolute atomic E-state index is 0.159. The molecule has 21 heavy (non-hydrogen) atoms. The van der Waals surface area contributed by atoms with Crippen LogP contribution in [0, 0.1) is 5.92 Å². The van der Waals surface area contributed by atoms with E-state index < -0.39 is 18.1 Å². The molecule has 4 N–H and O–H groups in total. The van der Waals surface area contributed by atoms with Crippen molar-refractivity contribution in [3.05, 3.63) is 0 Å². The molecule has 0 spiro atoms. The lowest BCUT2D eigenvalue weighted by molar-refractivity contribution is -0.139. The number of hydrogen-bond acceptors (Lipinski definition) is 4. The van der Waals surface area contributed by atoms with Crippen molar-refractivity contribution in [3.63, 3.8) is 0 Å². The molecule has 1 fully saturated rings. The van der Waals surface area contributed by atoms with Crippen molar-refractivity contribution < 1.29 is 14.7 Å². The van der Waals surface area contributed by atoms with Gasteiger partial charge in [0.15, 0.2) is 0 Å². The number of likely N-dealkylation sites (tertiary alicyclic amines) is 1. The van der Waals surface area contributed by atoms with Crippen LogP contribution < -0.4 is 10.8 Å². The lowest BCUT2D eigenvalue weighted by atomic mass is 10.00. The Kier molecular flexibility index (Phi) is 7.57. The molecular weight excluding hydrogens is 289 g/mol. The summed E-state index contributed by atoms with van der Waals surface area (Å²) < 4.78 is 0. The Balaban J connectivity index is 2.67. The normalized spacial score (nSPS) is 26.9. The van der Waals surface area contributed by atoms with Gasteiger partial charge in [-0.05, 0) is 6.42 Å².